The van der Waals surface area contributed by atoms with E-state index in [1.54, 1.807) is 19.2 Å². The molecule has 0 saturated heterocycles. The molecule has 0 aliphatic heterocycles. The van der Waals surface area contributed by atoms with Gasteiger partial charge in [-0.15, -0.1) is 11.6 Å². The maximum atomic E-state index is 10.9. The van der Waals surface area contributed by atoms with Crippen molar-refractivity contribution in [1.29, 1.82) is 0 Å². The Bertz CT molecular complexity index is 396. The standard InChI is InChI=1S/C12H16ClNO3/c1-14(5-4-13)10-7-11(16-2)9(8-15)6-12(10)17-3/h6-8H,4-5H2,1-3H3. The van der Waals surface area contributed by atoms with Crippen LogP contribution in [0.2, 0.25) is 0 Å². The molecule has 0 bridgehead atoms. The minimum atomic E-state index is 0.465. The van der Waals surface area contributed by atoms with Crippen molar-refractivity contribution in [2.45, 2.75) is 0 Å². The number of aldehydes is 1. The fraction of sp³-hybridized carbons (Fsp3) is 0.417. The SMILES string of the molecule is COc1cc(N(C)CCCl)c(OC)cc1C=O. The van der Waals surface area contributed by atoms with Gasteiger partial charge in [-0.2, -0.15) is 0 Å². The summed E-state index contributed by atoms with van der Waals surface area (Å²) in [6.45, 7) is 0.682. The lowest BCUT2D eigenvalue weighted by Crippen LogP contribution is -2.20. The molecule has 5 heteroatoms. The molecule has 0 fully saturated rings. The van der Waals surface area contributed by atoms with Gasteiger partial charge in [0.15, 0.2) is 6.29 Å². The number of alkyl halides is 1. The summed E-state index contributed by atoms with van der Waals surface area (Å²) >= 11 is 5.70. The van der Waals surface area contributed by atoms with Crippen LogP contribution in [0, 0.1) is 0 Å². The number of carbonyl (C=O) groups excluding carboxylic acids is 1. The van der Waals surface area contributed by atoms with Crippen LogP contribution in [0.15, 0.2) is 12.1 Å². The van der Waals surface area contributed by atoms with Crippen LogP contribution < -0.4 is 14.4 Å². The third kappa shape index (κ3) is 3.03. The van der Waals surface area contributed by atoms with Crippen LogP contribution in [0.1, 0.15) is 10.4 Å². The molecular formula is C12H16ClNO3. The molecule has 94 valence electrons. The molecule has 0 unspecified atom stereocenters. The quantitative estimate of drug-likeness (QED) is 0.579. The summed E-state index contributed by atoms with van der Waals surface area (Å²) in [5.41, 5.74) is 1.31. The lowest BCUT2D eigenvalue weighted by molar-refractivity contribution is 0.112. The highest BCUT2D eigenvalue weighted by molar-refractivity contribution is 6.18. The average Bonchev–Trinajstić information content (AvgIpc) is 2.37. The van der Waals surface area contributed by atoms with Crippen LogP contribution >= 0.6 is 11.6 Å². The number of carbonyl (C=O) groups is 1. The number of benzene rings is 1. The molecule has 0 N–H and O–H groups in total. The molecule has 1 rings (SSSR count). The number of ether oxygens (including phenoxy) is 2. The molecule has 1 aromatic carbocycles. The Kier molecular flexibility index (Phi) is 5.10. The van der Waals surface area contributed by atoms with Gasteiger partial charge in [-0.1, -0.05) is 0 Å². The van der Waals surface area contributed by atoms with Gasteiger partial charge in [0.1, 0.15) is 11.5 Å². The monoisotopic (exact) mass is 257 g/mol. The zero-order valence-electron chi connectivity index (χ0n) is 10.2. The first-order chi connectivity index (χ1) is 8.17. The minimum absolute atomic E-state index is 0.465. The van der Waals surface area contributed by atoms with E-state index < -0.39 is 0 Å². The number of nitrogens with zero attached hydrogens (tertiary/aromatic N) is 1. The van der Waals surface area contributed by atoms with Gasteiger partial charge in [0, 0.05) is 25.5 Å². The summed E-state index contributed by atoms with van der Waals surface area (Å²) in [5, 5.41) is 0. The molecule has 17 heavy (non-hydrogen) atoms. The van der Waals surface area contributed by atoms with E-state index in [1.165, 1.54) is 7.11 Å². The van der Waals surface area contributed by atoms with E-state index in [0.717, 1.165) is 12.0 Å². The molecule has 0 atom stereocenters. The predicted octanol–water partition coefficient (Wildman–Crippen LogP) is 2.19. The number of halogens is 1. The second-order valence-electron chi connectivity index (χ2n) is 3.49. The smallest absolute Gasteiger partial charge is 0.153 e. The van der Waals surface area contributed by atoms with E-state index in [0.29, 0.717) is 29.5 Å². The summed E-state index contributed by atoms with van der Waals surface area (Å²) in [6.07, 6.45) is 0.743. The lowest BCUT2D eigenvalue weighted by Gasteiger charge is -2.22. The van der Waals surface area contributed by atoms with Gasteiger partial charge in [0.05, 0.1) is 25.5 Å². The highest BCUT2D eigenvalue weighted by Crippen LogP contribution is 2.34. The Hall–Kier alpha value is -1.42. The normalized spacial score (nSPS) is 9.88. The first-order valence-electron chi connectivity index (χ1n) is 5.16. The molecule has 0 aromatic heterocycles. The first kappa shape index (κ1) is 13.6. The van der Waals surface area contributed by atoms with Crippen molar-refractivity contribution in [3.05, 3.63) is 17.7 Å². The summed E-state index contributed by atoms with van der Waals surface area (Å²) in [4.78, 5) is 12.8. The van der Waals surface area contributed by atoms with Gasteiger partial charge in [0.25, 0.3) is 0 Å². The van der Waals surface area contributed by atoms with E-state index in [9.17, 15) is 4.79 Å². The van der Waals surface area contributed by atoms with Gasteiger partial charge < -0.3 is 14.4 Å². The summed E-state index contributed by atoms with van der Waals surface area (Å²) in [5.74, 6) is 1.66. The molecule has 0 saturated carbocycles. The second-order valence-corrected chi connectivity index (χ2v) is 3.87. The minimum Gasteiger partial charge on any atom is -0.496 e. The Morgan fingerprint density at radius 3 is 2.41 bits per heavy atom. The van der Waals surface area contributed by atoms with Gasteiger partial charge in [-0.05, 0) is 6.07 Å². The Morgan fingerprint density at radius 2 is 1.94 bits per heavy atom. The fourth-order valence-corrected chi connectivity index (χ4v) is 1.80. The van der Waals surface area contributed by atoms with Crippen molar-refractivity contribution in [1.82, 2.24) is 0 Å². The molecule has 0 aliphatic rings. The van der Waals surface area contributed by atoms with Crippen LogP contribution in [0.3, 0.4) is 0 Å². The maximum absolute atomic E-state index is 10.9. The molecule has 0 amide bonds. The number of anilines is 1. The number of methoxy groups -OCH3 is 2. The lowest BCUT2D eigenvalue weighted by atomic mass is 10.1. The van der Waals surface area contributed by atoms with Crippen molar-refractivity contribution in [3.8, 4) is 11.5 Å². The molecule has 0 radical (unpaired) electrons. The molecule has 1 aromatic rings. The third-order valence-electron chi connectivity index (χ3n) is 2.49. The van der Waals surface area contributed by atoms with Crippen molar-refractivity contribution >= 4 is 23.6 Å². The van der Waals surface area contributed by atoms with E-state index >= 15 is 0 Å². The van der Waals surface area contributed by atoms with Crippen molar-refractivity contribution in [2.75, 3.05) is 38.6 Å². The van der Waals surface area contributed by atoms with Gasteiger partial charge >= 0.3 is 0 Å². The summed E-state index contributed by atoms with van der Waals surface area (Å²) < 4.78 is 10.4. The van der Waals surface area contributed by atoms with Crippen LogP contribution in [0.4, 0.5) is 5.69 Å². The van der Waals surface area contributed by atoms with Crippen molar-refractivity contribution < 1.29 is 14.3 Å². The van der Waals surface area contributed by atoms with E-state index in [2.05, 4.69) is 0 Å². The number of rotatable bonds is 6. The van der Waals surface area contributed by atoms with Gasteiger partial charge in [-0.3, -0.25) is 4.79 Å². The maximum Gasteiger partial charge on any atom is 0.153 e. The number of hydrogen-bond donors (Lipinski definition) is 0. The molecular weight excluding hydrogens is 242 g/mol. The molecule has 0 heterocycles. The van der Waals surface area contributed by atoms with Crippen LogP contribution in [-0.2, 0) is 0 Å². The fourth-order valence-electron chi connectivity index (χ4n) is 1.54. The Labute approximate surface area is 106 Å². The number of hydrogen-bond acceptors (Lipinski definition) is 4. The van der Waals surface area contributed by atoms with Crippen molar-refractivity contribution in [2.24, 2.45) is 0 Å². The Balaban J connectivity index is 3.23. The predicted molar refractivity (Wildman–Crippen MR) is 68.9 cm³/mol. The third-order valence-corrected chi connectivity index (χ3v) is 2.66. The molecule has 0 aliphatic carbocycles. The van der Waals surface area contributed by atoms with Crippen LogP contribution in [0.5, 0.6) is 11.5 Å². The Morgan fingerprint density at radius 1 is 1.29 bits per heavy atom. The van der Waals surface area contributed by atoms with Crippen LogP contribution in [0.25, 0.3) is 0 Å². The summed E-state index contributed by atoms with van der Waals surface area (Å²) in [7, 11) is 4.99. The zero-order chi connectivity index (χ0) is 12.8. The van der Waals surface area contributed by atoms with Gasteiger partial charge in [-0.25, -0.2) is 0 Å². The van der Waals surface area contributed by atoms with Crippen LogP contribution in [-0.4, -0.2) is 40.0 Å². The average molecular weight is 258 g/mol. The molecule has 4 nitrogen and oxygen atoms in total. The van der Waals surface area contributed by atoms with E-state index in [1.807, 2.05) is 11.9 Å². The zero-order valence-corrected chi connectivity index (χ0v) is 11.0. The second kappa shape index (κ2) is 6.35. The topological polar surface area (TPSA) is 38.8 Å². The highest BCUT2D eigenvalue weighted by Gasteiger charge is 2.13. The molecule has 0 spiro atoms. The first-order valence-corrected chi connectivity index (χ1v) is 5.69. The largest absolute Gasteiger partial charge is 0.496 e. The van der Waals surface area contributed by atoms with Crippen molar-refractivity contribution in [3.63, 3.8) is 0 Å². The van der Waals surface area contributed by atoms with Gasteiger partial charge in [0.2, 0.25) is 0 Å². The van der Waals surface area contributed by atoms with E-state index in [-0.39, 0.29) is 0 Å². The summed E-state index contributed by atoms with van der Waals surface area (Å²) in [6, 6.07) is 3.43. The highest BCUT2D eigenvalue weighted by atomic mass is 35.5. The van der Waals surface area contributed by atoms with E-state index in [4.69, 9.17) is 21.1 Å².